The molecule has 6 nitrogen and oxygen atoms in total. The van der Waals surface area contributed by atoms with Gasteiger partial charge in [0.15, 0.2) is 5.16 Å². The van der Waals surface area contributed by atoms with Crippen LogP contribution in [0, 0.1) is 5.82 Å². The lowest BCUT2D eigenvalue weighted by molar-refractivity contribution is -0.119. The Morgan fingerprint density at radius 1 is 1.31 bits per heavy atom. The van der Waals surface area contributed by atoms with Gasteiger partial charge in [0.2, 0.25) is 5.91 Å². The van der Waals surface area contributed by atoms with Crippen molar-refractivity contribution in [1.82, 2.24) is 14.9 Å². The second-order valence-corrected chi connectivity index (χ2v) is 9.89. The second kappa shape index (κ2) is 10.1. The summed E-state index contributed by atoms with van der Waals surface area (Å²) in [5.41, 5.74) is 1.93. The average Bonchev–Trinajstić information content (AvgIpc) is 3.16. The highest BCUT2D eigenvalue weighted by Crippen LogP contribution is 2.34. The minimum absolute atomic E-state index is 0.0472. The molecule has 3 aromatic rings. The number of carbonyl (C=O) groups is 1. The van der Waals surface area contributed by atoms with E-state index < -0.39 is 0 Å². The maximum absolute atomic E-state index is 13.4. The van der Waals surface area contributed by atoms with Crippen LogP contribution in [0.1, 0.15) is 41.8 Å². The summed E-state index contributed by atoms with van der Waals surface area (Å²) < 4.78 is 20.0. The first-order valence-electron chi connectivity index (χ1n) is 10.7. The van der Waals surface area contributed by atoms with Crippen molar-refractivity contribution in [2.45, 2.75) is 50.4 Å². The normalized spacial score (nSPS) is 14.3. The van der Waals surface area contributed by atoms with E-state index in [9.17, 15) is 14.0 Å². The minimum Gasteiger partial charge on any atom is -0.383 e. The van der Waals surface area contributed by atoms with Gasteiger partial charge in [0.1, 0.15) is 10.6 Å². The monoisotopic (exact) mass is 475 g/mol. The molecule has 1 atom stereocenters. The number of nitrogens with zero attached hydrogens (tertiary/aromatic N) is 2. The Bertz CT molecular complexity index is 1170. The molecule has 1 amide bonds. The summed E-state index contributed by atoms with van der Waals surface area (Å²) >= 11 is 2.85. The number of hydrogen-bond acceptors (Lipinski definition) is 6. The summed E-state index contributed by atoms with van der Waals surface area (Å²) in [6, 6.07) is 5.81. The van der Waals surface area contributed by atoms with Crippen molar-refractivity contribution in [3.8, 4) is 0 Å². The number of aromatic nitrogens is 2. The Kier molecular flexibility index (Phi) is 7.27. The number of fused-ring (bicyclic) bond motifs is 3. The summed E-state index contributed by atoms with van der Waals surface area (Å²) in [5.74, 6) is -0.361. The number of thiophene rings is 1. The number of nitrogens with one attached hydrogen (secondary N) is 1. The van der Waals surface area contributed by atoms with Crippen LogP contribution in [-0.4, -0.2) is 34.9 Å². The number of methoxy groups -OCH3 is 1. The molecule has 1 aliphatic carbocycles. The summed E-state index contributed by atoms with van der Waals surface area (Å²) in [7, 11) is 1.60. The van der Waals surface area contributed by atoms with E-state index in [0.29, 0.717) is 18.3 Å². The van der Waals surface area contributed by atoms with Crippen molar-refractivity contribution in [3.63, 3.8) is 0 Å². The lowest BCUT2D eigenvalue weighted by Gasteiger charge is -2.15. The fraction of sp³-hybridized carbons (Fsp3) is 0.435. The molecule has 2 aromatic heterocycles. The van der Waals surface area contributed by atoms with Crippen LogP contribution in [0.2, 0.25) is 0 Å². The molecule has 1 unspecified atom stereocenters. The molecule has 2 heterocycles. The molecule has 9 heteroatoms. The smallest absolute Gasteiger partial charge is 0.263 e. The molecule has 0 aliphatic heterocycles. The number of ether oxygens (including phenoxy) is 1. The topological polar surface area (TPSA) is 73.2 Å². The van der Waals surface area contributed by atoms with Gasteiger partial charge in [-0.1, -0.05) is 23.9 Å². The highest BCUT2D eigenvalue weighted by Gasteiger charge is 2.22. The largest absolute Gasteiger partial charge is 0.383 e. The number of benzene rings is 1. The zero-order valence-electron chi connectivity index (χ0n) is 18.2. The summed E-state index contributed by atoms with van der Waals surface area (Å²) in [5, 5.41) is 4.19. The molecule has 4 rings (SSSR count). The number of rotatable bonds is 8. The van der Waals surface area contributed by atoms with Gasteiger partial charge in [-0.15, -0.1) is 11.3 Å². The zero-order valence-corrected chi connectivity index (χ0v) is 19.8. The van der Waals surface area contributed by atoms with Crippen LogP contribution in [-0.2, 0) is 28.9 Å². The molecule has 0 bridgehead atoms. The molecule has 0 saturated carbocycles. The van der Waals surface area contributed by atoms with Crippen LogP contribution in [0.15, 0.2) is 34.2 Å². The maximum Gasteiger partial charge on any atom is 0.263 e. The Labute approximate surface area is 194 Å². The highest BCUT2D eigenvalue weighted by molar-refractivity contribution is 7.99. The number of halogens is 1. The Morgan fingerprint density at radius 2 is 2.06 bits per heavy atom. The third kappa shape index (κ3) is 4.89. The number of thioether (sulfide) groups is 1. The predicted octanol–water partition coefficient (Wildman–Crippen LogP) is 4.09. The van der Waals surface area contributed by atoms with Gasteiger partial charge in [0.25, 0.3) is 5.56 Å². The van der Waals surface area contributed by atoms with E-state index in [0.717, 1.165) is 47.0 Å². The van der Waals surface area contributed by atoms with E-state index in [1.807, 2.05) is 6.92 Å². The van der Waals surface area contributed by atoms with Crippen LogP contribution in [0.4, 0.5) is 4.39 Å². The first-order valence-corrected chi connectivity index (χ1v) is 12.5. The fourth-order valence-corrected chi connectivity index (χ4v) is 6.10. The summed E-state index contributed by atoms with van der Waals surface area (Å²) in [6.45, 7) is 2.63. The van der Waals surface area contributed by atoms with Crippen molar-refractivity contribution in [3.05, 3.63) is 56.4 Å². The summed E-state index contributed by atoms with van der Waals surface area (Å²) in [6.07, 6.45) is 4.16. The number of aryl methyl sites for hydroxylation is 2. The van der Waals surface area contributed by atoms with E-state index in [1.54, 1.807) is 35.1 Å². The zero-order chi connectivity index (χ0) is 22.7. The van der Waals surface area contributed by atoms with Crippen molar-refractivity contribution in [1.29, 1.82) is 0 Å². The van der Waals surface area contributed by atoms with Gasteiger partial charge in [-0.05, 0) is 55.9 Å². The summed E-state index contributed by atoms with van der Waals surface area (Å²) in [4.78, 5) is 32.7. The predicted molar refractivity (Wildman–Crippen MR) is 126 cm³/mol. The first-order chi connectivity index (χ1) is 15.5. The van der Waals surface area contributed by atoms with E-state index in [2.05, 4.69) is 5.32 Å². The maximum atomic E-state index is 13.4. The first kappa shape index (κ1) is 22.9. The van der Waals surface area contributed by atoms with Crippen LogP contribution >= 0.6 is 23.1 Å². The average molecular weight is 476 g/mol. The number of carbonyl (C=O) groups excluding carboxylic acids is 1. The van der Waals surface area contributed by atoms with Crippen LogP contribution in [0.25, 0.3) is 10.2 Å². The molecule has 0 spiro atoms. The number of amides is 1. The molecule has 170 valence electrons. The van der Waals surface area contributed by atoms with Crippen LogP contribution < -0.4 is 10.9 Å². The van der Waals surface area contributed by atoms with Gasteiger partial charge in [-0.2, -0.15) is 0 Å². The third-order valence-corrected chi connectivity index (χ3v) is 7.80. The van der Waals surface area contributed by atoms with Gasteiger partial charge in [0.05, 0.1) is 30.3 Å². The molecule has 1 aliphatic rings. The molecular weight excluding hydrogens is 449 g/mol. The van der Waals surface area contributed by atoms with Gasteiger partial charge < -0.3 is 10.1 Å². The van der Waals surface area contributed by atoms with Crippen LogP contribution in [0.5, 0.6) is 0 Å². The van der Waals surface area contributed by atoms with Crippen molar-refractivity contribution in [2.24, 2.45) is 0 Å². The van der Waals surface area contributed by atoms with E-state index >= 15 is 0 Å². The Balaban J connectivity index is 1.54. The van der Waals surface area contributed by atoms with Gasteiger partial charge in [-0.25, -0.2) is 9.37 Å². The molecule has 0 saturated heterocycles. The van der Waals surface area contributed by atoms with Gasteiger partial charge in [0, 0.05) is 12.0 Å². The number of hydrogen-bond donors (Lipinski definition) is 1. The molecular formula is C23H26FN3O3S2. The third-order valence-electron chi connectivity index (χ3n) is 5.64. The fourth-order valence-electron chi connectivity index (χ4n) is 3.96. The second-order valence-electron chi connectivity index (χ2n) is 7.86. The molecule has 1 aromatic carbocycles. The lowest BCUT2D eigenvalue weighted by atomic mass is 9.97. The highest BCUT2D eigenvalue weighted by atomic mass is 32.2. The SMILES string of the molecule is COCCn1c(SCC(=O)NC(C)c2ccc(F)cc2)nc2sc3c(c2c1=O)CCCC3. The molecule has 0 radical (unpaired) electrons. The van der Waals surface area contributed by atoms with Crippen molar-refractivity contribution < 1.29 is 13.9 Å². The van der Waals surface area contributed by atoms with Crippen LogP contribution in [0.3, 0.4) is 0 Å². The van der Waals surface area contributed by atoms with Gasteiger partial charge in [-0.3, -0.25) is 14.2 Å². The van der Waals surface area contributed by atoms with E-state index in [-0.39, 0.29) is 29.1 Å². The quantitative estimate of drug-likeness (QED) is 0.392. The Hall–Kier alpha value is -2.23. The Morgan fingerprint density at radius 3 is 2.81 bits per heavy atom. The molecule has 1 N–H and O–H groups in total. The standard InChI is InChI=1S/C23H26FN3O3S2/c1-14(15-7-9-16(24)10-8-15)25-19(28)13-31-23-26-21-20(22(29)27(23)11-12-30-2)17-5-3-4-6-18(17)32-21/h7-10,14H,3-6,11-13H2,1-2H3,(H,25,28). The van der Waals surface area contributed by atoms with E-state index in [4.69, 9.17) is 9.72 Å². The minimum atomic E-state index is -0.311. The van der Waals surface area contributed by atoms with E-state index in [1.165, 1.54) is 28.8 Å². The van der Waals surface area contributed by atoms with Gasteiger partial charge >= 0.3 is 0 Å². The molecule has 32 heavy (non-hydrogen) atoms. The van der Waals surface area contributed by atoms with Crippen molar-refractivity contribution >= 4 is 39.2 Å². The lowest BCUT2D eigenvalue weighted by Crippen LogP contribution is -2.29. The molecule has 0 fully saturated rings. The van der Waals surface area contributed by atoms with Crippen molar-refractivity contribution in [2.75, 3.05) is 19.5 Å².